The highest BCUT2D eigenvalue weighted by Crippen LogP contribution is 2.22. The van der Waals surface area contributed by atoms with Gasteiger partial charge in [-0.2, -0.15) is 5.10 Å². The van der Waals surface area contributed by atoms with Gasteiger partial charge in [0.15, 0.2) is 4.77 Å². The van der Waals surface area contributed by atoms with Crippen molar-refractivity contribution in [3.05, 3.63) is 38.8 Å². The molecule has 2 rings (SSSR count). The summed E-state index contributed by atoms with van der Waals surface area (Å²) in [6.07, 6.45) is 0.550. The molecule has 0 unspecified atom stereocenters. The number of phenolic OH excluding ortho intramolecular Hbond substituents is 1. The Morgan fingerprint density at radius 2 is 2.27 bits per heavy atom. The van der Waals surface area contributed by atoms with Crippen LogP contribution in [0.2, 0.25) is 0 Å². The van der Waals surface area contributed by atoms with Crippen LogP contribution in [0.5, 0.6) is 5.75 Å². The number of nitrogens with zero attached hydrogens (tertiary/aromatic N) is 2. The van der Waals surface area contributed by atoms with Crippen LogP contribution in [0.1, 0.15) is 36.1 Å². The monoisotopic (exact) mass is 384 g/mol. The predicted octanol–water partition coefficient (Wildman–Crippen LogP) is 2.96. The zero-order valence-electron chi connectivity index (χ0n) is 12.3. The number of aromatic nitrogens is 3. The number of rotatable bonds is 5. The standard InChI is InChI=1S/C14H17BrN4O2S/c1-8(2)19-12(17-18-14(19)22)5-6-16-13(21)10-4-3-9(15)7-11(10)20/h3-4,7-8,20H,5-6H2,1-2H3,(H,16,21)(H,18,22). The van der Waals surface area contributed by atoms with Crippen LogP contribution < -0.4 is 5.32 Å². The number of carbonyl (C=O) groups is 1. The summed E-state index contributed by atoms with van der Waals surface area (Å²) in [5.74, 6) is 0.410. The average molecular weight is 385 g/mol. The summed E-state index contributed by atoms with van der Waals surface area (Å²) in [6, 6.07) is 4.96. The Kier molecular flexibility index (Phi) is 5.36. The second-order valence-corrected chi connectivity index (χ2v) is 6.38. The molecule has 22 heavy (non-hydrogen) atoms. The van der Waals surface area contributed by atoms with Crippen molar-refractivity contribution in [2.24, 2.45) is 0 Å². The second kappa shape index (κ2) is 7.06. The fourth-order valence-electron chi connectivity index (χ4n) is 2.13. The van der Waals surface area contributed by atoms with Crippen molar-refractivity contribution < 1.29 is 9.90 Å². The van der Waals surface area contributed by atoms with E-state index in [1.807, 2.05) is 18.4 Å². The first kappa shape index (κ1) is 16.7. The van der Waals surface area contributed by atoms with Gasteiger partial charge in [0.25, 0.3) is 5.91 Å². The summed E-state index contributed by atoms with van der Waals surface area (Å²) in [5.41, 5.74) is 0.242. The first-order valence-corrected chi connectivity index (χ1v) is 8.02. The molecule has 3 N–H and O–H groups in total. The molecule has 1 heterocycles. The Morgan fingerprint density at radius 1 is 1.55 bits per heavy atom. The molecule has 118 valence electrons. The zero-order chi connectivity index (χ0) is 16.3. The molecule has 0 fully saturated rings. The Morgan fingerprint density at radius 3 is 2.91 bits per heavy atom. The van der Waals surface area contributed by atoms with E-state index in [9.17, 15) is 9.90 Å². The number of benzene rings is 1. The molecule has 1 aromatic heterocycles. The van der Waals surface area contributed by atoms with Crippen molar-refractivity contribution in [1.29, 1.82) is 0 Å². The molecule has 0 aliphatic heterocycles. The molecule has 0 aliphatic carbocycles. The van der Waals surface area contributed by atoms with Gasteiger partial charge in [-0.05, 0) is 44.3 Å². The number of amides is 1. The Balaban J connectivity index is 1.99. The minimum absolute atomic E-state index is 0.0586. The largest absolute Gasteiger partial charge is 0.507 e. The molecule has 1 amide bonds. The molecule has 1 aromatic carbocycles. The molecule has 0 saturated heterocycles. The smallest absolute Gasteiger partial charge is 0.255 e. The SMILES string of the molecule is CC(C)n1c(CCNC(=O)c2ccc(Br)cc2O)n[nH]c1=S. The predicted molar refractivity (Wildman–Crippen MR) is 89.6 cm³/mol. The van der Waals surface area contributed by atoms with Crippen LogP contribution in [0.3, 0.4) is 0 Å². The van der Waals surface area contributed by atoms with Crippen molar-refractivity contribution in [2.75, 3.05) is 6.54 Å². The third-order valence-electron chi connectivity index (χ3n) is 3.13. The number of halogens is 1. The van der Waals surface area contributed by atoms with E-state index in [2.05, 4.69) is 31.4 Å². The fourth-order valence-corrected chi connectivity index (χ4v) is 2.84. The number of aromatic hydroxyl groups is 1. The van der Waals surface area contributed by atoms with Crippen LogP contribution in [-0.2, 0) is 6.42 Å². The summed E-state index contributed by atoms with van der Waals surface area (Å²) in [6.45, 7) is 4.45. The maximum absolute atomic E-state index is 12.0. The maximum atomic E-state index is 12.0. The van der Waals surface area contributed by atoms with Gasteiger partial charge in [-0.1, -0.05) is 15.9 Å². The highest BCUT2D eigenvalue weighted by Gasteiger charge is 2.13. The second-order valence-electron chi connectivity index (χ2n) is 5.08. The summed E-state index contributed by atoms with van der Waals surface area (Å²) in [7, 11) is 0. The Labute approximate surface area is 141 Å². The summed E-state index contributed by atoms with van der Waals surface area (Å²) < 4.78 is 3.20. The van der Waals surface area contributed by atoms with Crippen LogP contribution in [-0.4, -0.2) is 32.3 Å². The molecule has 2 aromatic rings. The van der Waals surface area contributed by atoms with Crippen molar-refractivity contribution in [3.63, 3.8) is 0 Å². The molecule has 0 saturated carbocycles. The lowest BCUT2D eigenvalue weighted by molar-refractivity contribution is 0.0951. The van der Waals surface area contributed by atoms with Gasteiger partial charge in [0.05, 0.1) is 5.56 Å². The van der Waals surface area contributed by atoms with Gasteiger partial charge in [0.2, 0.25) is 0 Å². The molecule has 0 radical (unpaired) electrons. The molecule has 8 heteroatoms. The first-order chi connectivity index (χ1) is 10.4. The average Bonchev–Trinajstić information content (AvgIpc) is 2.79. The lowest BCUT2D eigenvalue weighted by atomic mass is 10.2. The van der Waals surface area contributed by atoms with E-state index in [0.717, 1.165) is 5.82 Å². The van der Waals surface area contributed by atoms with Crippen LogP contribution in [0.25, 0.3) is 0 Å². The number of nitrogens with one attached hydrogen (secondary N) is 2. The summed E-state index contributed by atoms with van der Waals surface area (Å²) >= 11 is 8.41. The fraction of sp³-hybridized carbons (Fsp3) is 0.357. The molecule has 6 nitrogen and oxygen atoms in total. The quantitative estimate of drug-likeness (QED) is 0.691. The normalized spacial score (nSPS) is 10.9. The topological polar surface area (TPSA) is 82.9 Å². The molecule has 0 bridgehead atoms. The van der Waals surface area contributed by atoms with E-state index in [1.54, 1.807) is 12.1 Å². The minimum atomic E-state index is -0.324. The van der Waals surface area contributed by atoms with Crippen LogP contribution >= 0.6 is 28.1 Å². The van der Waals surface area contributed by atoms with Gasteiger partial charge >= 0.3 is 0 Å². The van der Waals surface area contributed by atoms with Gasteiger partial charge in [-0.3, -0.25) is 9.89 Å². The zero-order valence-corrected chi connectivity index (χ0v) is 14.7. The molecule has 0 atom stereocenters. The van der Waals surface area contributed by atoms with E-state index in [4.69, 9.17) is 12.2 Å². The Bertz CT molecular complexity index is 739. The Hall–Kier alpha value is -1.67. The number of phenols is 1. The van der Waals surface area contributed by atoms with Crippen molar-refractivity contribution in [3.8, 4) is 5.75 Å². The highest BCUT2D eigenvalue weighted by atomic mass is 79.9. The summed E-state index contributed by atoms with van der Waals surface area (Å²) in [4.78, 5) is 12.0. The lowest BCUT2D eigenvalue weighted by Gasteiger charge is -2.11. The molecule has 0 aliphatic rings. The minimum Gasteiger partial charge on any atom is -0.507 e. The van der Waals surface area contributed by atoms with Crippen molar-refractivity contribution in [2.45, 2.75) is 26.3 Å². The van der Waals surface area contributed by atoms with E-state index in [-0.39, 0.29) is 23.3 Å². The first-order valence-electron chi connectivity index (χ1n) is 6.82. The number of hydrogen-bond acceptors (Lipinski definition) is 4. The van der Waals surface area contributed by atoms with E-state index >= 15 is 0 Å². The molecular weight excluding hydrogens is 368 g/mol. The lowest BCUT2D eigenvalue weighted by Crippen LogP contribution is -2.26. The molecular formula is C14H17BrN4O2S. The van der Waals surface area contributed by atoms with Gasteiger partial charge in [0, 0.05) is 23.5 Å². The molecule has 0 spiro atoms. The van der Waals surface area contributed by atoms with Gasteiger partial charge in [-0.15, -0.1) is 0 Å². The van der Waals surface area contributed by atoms with Gasteiger partial charge < -0.3 is 15.0 Å². The third-order valence-corrected chi connectivity index (χ3v) is 3.91. The summed E-state index contributed by atoms with van der Waals surface area (Å²) in [5, 5.41) is 19.5. The van der Waals surface area contributed by atoms with Gasteiger partial charge in [-0.25, -0.2) is 0 Å². The van der Waals surface area contributed by atoms with Crippen molar-refractivity contribution in [1.82, 2.24) is 20.1 Å². The van der Waals surface area contributed by atoms with Crippen molar-refractivity contribution >= 4 is 34.1 Å². The van der Waals surface area contributed by atoms with E-state index < -0.39 is 0 Å². The van der Waals surface area contributed by atoms with E-state index in [0.29, 0.717) is 22.2 Å². The number of hydrogen-bond donors (Lipinski definition) is 3. The number of carbonyl (C=O) groups excluding carboxylic acids is 1. The maximum Gasteiger partial charge on any atom is 0.255 e. The van der Waals surface area contributed by atoms with Gasteiger partial charge in [0.1, 0.15) is 11.6 Å². The van der Waals surface area contributed by atoms with Crippen LogP contribution in [0, 0.1) is 4.77 Å². The number of aromatic amines is 1. The third kappa shape index (κ3) is 3.75. The highest BCUT2D eigenvalue weighted by molar-refractivity contribution is 9.10. The van der Waals surface area contributed by atoms with Crippen LogP contribution in [0.4, 0.5) is 0 Å². The van der Waals surface area contributed by atoms with E-state index in [1.165, 1.54) is 6.07 Å². The number of H-pyrrole nitrogens is 1. The van der Waals surface area contributed by atoms with Crippen LogP contribution in [0.15, 0.2) is 22.7 Å².